The Balaban J connectivity index is 2.92. The molecule has 0 spiro atoms. The number of amides is 1. The van der Waals surface area contributed by atoms with E-state index in [1.807, 2.05) is 31.3 Å². The average Bonchev–Trinajstić information content (AvgIpc) is 2.17. The first-order valence-corrected chi connectivity index (χ1v) is 6.57. The summed E-state index contributed by atoms with van der Waals surface area (Å²) >= 11 is 7.40. The van der Waals surface area contributed by atoms with E-state index in [2.05, 4.69) is 5.32 Å². The van der Waals surface area contributed by atoms with Gasteiger partial charge in [0, 0.05) is 19.1 Å². The summed E-state index contributed by atoms with van der Waals surface area (Å²) in [6, 6.07) is 5.45. The van der Waals surface area contributed by atoms with Gasteiger partial charge in [0.05, 0.1) is 17.1 Å². The summed E-state index contributed by atoms with van der Waals surface area (Å²) in [4.78, 5) is 13.4. The summed E-state index contributed by atoms with van der Waals surface area (Å²) < 4.78 is 0. The van der Waals surface area contributed by atoms with Gasteiger partial charge in [0.25, 0.3) is 0 Å². The topological polar surface area (TPSA) is 32.3 Å². The Morgan fingerprint density at radius 1 is 1.50 bits per heavy atom. The third-order valence-corrected chi connectivity index (χ3v) is 2.78. The molecule has 1 rings (SSSR count). The van der Waals surface area contributed by atoms with Gasteiger partial charge in [0.15, 0.2) is 0 Å². The largest absolute Gasteiger partial charge is 0.376 e. The van der Waals surface area contributed by atoms with Crippen molar-refractivity contribution in [3.8, 4) is 0 Å². The highest BCUT2D eigenvalue weighted by molar-refractivity contribution is 7.99. The van der Waals surface area contributed by atoms with Gasteiger partial charge in [-0.2, -0.15) is 11.8 Å². The van der Waals surface area contributed by atoms with Crippen LogP contribution in [0.15, 0.2) is 18.2 Å². The van der Waals surface area contributed by atoms with Gasteiger partial charge in [0.1, 0.15) is 0 Å². The molecule has 0 saturated heterocycles. The first-order chi connectivity index (χ1) is 7.54. The minimum Gasteiger partial charge on any atom is -0.376 e. The van der Waals surface area contributed by atoms with E-state index < -0.39 is 0 Å². The van der Waals surface area contributed by atoms with Crippen LogP contribution in [0.5, 0.6) is 0 Å². The van der Waals surface area contributed by atoms with Gasteiger partial charge in [-0.15, -0.1) is 0 Å². The molecule has 1 aromatic carbocycles. The van der Waals surface area contributed by atoms with Crippen molar-refractivity contribution in [3.05, 3.63) is 23.2 Å². The zero-order valence-corrected chi connectivity index (χ0v) is 11.2. The molecule has 0 aliphatic heterocycles. The summed E-state index contributed by atoms with van der Waals surface area (Å²) in [5.74, 6) is 0.428. The van der Waals surface area contributed by atoms with E-state index in [0.717, 1.165) is 11.4 Å². The van der Waals surface area contributed by atoms with Gasteiger partial charge in [0.2, 0.25) is 5.91 Å². The van der Waals surface area contributed by atoms with Crippen molar-refractivity contribution in [2.24, 2.45) is 0 Å². The van der Waals surface area contributed by atoms with Crippen molar-refractivity contribution >= 4 is 40.6 Å². The number of carbonyl (C=O) groups excluding carboxylic acids is 1. The second-order valence-corrected chi connectivity index (χ2v) is 4.84. The van der Waals surface area contributed by atoms with Crippen LogP contribution < -0.4 is 10.2 Å². The molecule has 3 nitrogen and oxygen atoms in total. The standard InChI is InChI=1S/C11H15ClN2OS/c1-14(2)10-5-4-8(12)6-9(10)13-11(15)7-16-3/h4-6H,7H2,1-3H3,(H,13,15). The van der Waals surface area contributed by atoms with Crippen LogP contribution in [0.2, 0.25) is 5.02 Å². The number of hydrogen-bond donors (Lipinski definition) is 1. The highest BCUT2D eigenvalue weighted by atomic mass is 35.5. The Hall–Kier alpha value is -0.870. The van der Waals surface area contributed by atoms with E-state index in [1.54, 1.807) is 12.1 Å². The molecule has 0 aromatic heterocycles. The molecule has 0 atom stereocenters. The quantitative estimate of drug-likeness (QED) is 0.901. The molecule has 0 aliphatic rings. The molecule has 0 fully saturated rings. The minimum atomic E-state index is -0.0159. The van der Waals surface area contributed by atoms with Crippen LogP contribution in [0.4, 0.5) is 11.4 Å². The summed E-state index contributed by atoms with van der Waals surface area (Å²) in [5.41, 5.74) is 1.69. The maximum Gasteiger partial charge on any atom is 0.234 e. The van der Waals surface area contributed by atoms with Gasteiger partial charge in [-0.05, 0) is 24.5 Å². The fourth-order valence-electron chi connectivity index (χ4n) is 1.32. The fraction of sp³-hybridized carbons (Fsp3) is 0.364. The molecule has 0 radical (unpaired) electrons. The van der Waals surface area contributed by atoms with Crippen molar-refractivity contribution in [2.75, 3.05) is 36.3 Å². The molecular formula is C11H15ClN2OS. The number of carbonyl (C=O) groups is 1. The molecular weight excluding hydrogens is 244 g/mol. The Morgan fingerprint density at radius 3 is 2.75 bits per heavy atom. The Morgan fingerprint density at radius 2 is 2.19 bits per heavy atom. The smallest absolute Gasteiger partial charge is 0.234 e. The number of halogens is 1. The predicted octanol–water partition coefficient (Wildman–Crippen LogP) is 2.71. The van der Waals surface area contributed by atoms with Crippen LogP contribution in [0, 0.1) is 0 Å². The lowest BCUT2D eigenvalue weighted by Crippen LogP contribution is -2.17. The van der Waals surface area contributed by atoms with Crippen LogP contribution in [0.25, 0.3) is 0 Å². The maximum absolute atomic E-state index is 11.5. The van der Waals surface area contributed by atoms with Crippen LogP contribution in [-0.4, -0.2) is 32.0 Å². The number of anilines is 2. The SMILES string of the molecule is CSCC(=O)Nc1cc(Cl)ccc1N(C)C. The first-order valence-electron chi connectivity index (χ1n) is 4.80. The lowest BCUT2D eigenvalue weighted by molar-refractivity contribution is -0.113. The van der Waals surface area contributed by atoms with Gasteiger partial charge in [-0.1, -0.05) is 11.6 Å². The molecule has 0 heterocycles. The monoisotopic (exact) mass is 258 g/mol. The molecule has 0 bridgehead atoms. The minimum absolute atomic E-state index is 0.0159. The summed E-state index contributed by atoms with van der Waals surface area (Å²) in [5, 5.41) is 3.46. The molecule has 0 aliphatic carbocycles. The van der Waals surface area contributed by atoms with Crippen LogP contribution >= 0.6 is 23.4 Å². The Kier molecular flexibility index (Phi) is 4.96. The van der Waals surface area contributed by atoms with Crippen molar-refractivity contribution in [1.29, 1.82) is 0 Å². The number of rotatable bonds is 4. The zero-order chi connectivity index (χ0) is 12.1. The molecule has 0 unspecified atom stereocenters. The van der Waals surface area contributed by atoms with E-state index >= 15 is 0 Å². The van der Waals surface area contributed by atoms with Gasteiger partial charge >= 0.3 is 0 Å². The maximum atomic E-state index is 11.5. The number of nitrogens with zero attached hydrogens (tertiary/aromatic N) is 1. The summed E-state index contributed by atoms with van der Waals surface area (Å²) in [6.07, 6.45) is 1.89. The van der Waals surface area contributed by atoms with E-state index in [-0.39, 0.29) is 5.91 Å². The van der Waals surface area contributed by atoms with Crippen molar-refractivity contribution in [1.82, 2.24) is 0 Å². The highest BCUT2D eigenvalue weighted by Crippen LogP contribution is 2.27. The molecule has 1 aromatic rings. The van der Waals surface area contributed by atoms with Crippen LogP contribution in [0.3, 0.4) is 0 Å². The zero-order valence-electron chi connectivity index (χ0n) is 9.58. The van der Waals surface area contributed by atoms with E-state index in [1.165, 1.54) is 11.8 Å². The number of benzene rings is 1. The van der Waals surface area contributed by atoms with E-state index in [9.17, 15) is 4.79 Å². The third kappa shape index (κ3) is 3.61. The van der Waals surface area contributed by atoms with Gasteiger partial charge in [-0.25, -0.2) is 0 Å². The summed E-state index contributed by atoms with van der Waals surface area (Å²) in [6.45, 7) is 0. The molecule has 5 heteroatoms. The van der Waals surface area contributed by atoms with E-state index in [4.69, 9.17) is 11.6 Å². The fourth-order valence-corrected chi connectivity index (χ4v) is 1.82. The predicted molar refractivity (Wildman–Crippen MR) is 72.8 cm³/mol. The van der Waals surface area contributed by atoms with Crippen LogP contribution in [0.1, 0.15) is 0 Å². The normalized spacial score (nSPS) is 10.0. The van der Waals surface area contributed by atoms with Gasteiger partial charge in [-0.3, -0.25) is 4.79 Å². The lowest BCUT2D eigenvalue weighted by atomic mass is 10.2. The Labute approximate surface area is 105 Å². The summed E-state index contributed by atoms with van der Waals surface area (Å²) in [7, 11) is 3.85. The van der Waals surface area contributed by atoms with Crippen molar-refractivity contribution in [2.45, 2.75) is 0 Å². The van der Waals surface area contributed by atoms with Gasteiger partial charge < -0.3 is 10.2 Å². The second-order valence-electron chi connectivity index (χ2n) is 3.54. The van der Waals surface area contributed by atoms with E-state index in [0.29, 0.717) is 10.8 Å². The van der Waals surface area contributed by atoms with Crippen molar-refractivity contribution < 1.29 is 4.79 Å². The molecule has 16 heavy (non-hydrogen) atoms. The molecule has 1 amide bonds. The number of hydrogen-bond acceptors (Lipinski definition) is 3. The Bertz CT molecular complexity index is 382. The lowest BCUT2D eigenvalue weighted by Gasteiger charge is -2.18. The molecule has 0 saturated carbocycles. The number of nitrogens with one attached hydrogen (secondary N) is 1. The molecule has 88 valence electrons. The van der Waals surface area contributed by atoms with Crippen molar-refractivity contribution in [3.63, 3.8) is 0 Å². The number of thioether (sulfide) groups is 1. The third-order valence-electron chi connectivity index (χ3n) is 1.99. The first kappa shape index (κ1) is 13.2. The molecule has 1 N–H and O–H groups in total. The highest BCUT2D eigenvalue weighted by Gasteiger charge is 2.08. The average molecular weight is 259 g/mol. The second kappa shape index (κ2) is 6.01. The van der Waals surface area contributed by atoms with Crippen LogP contribution in [-0.2, 0) is 4.79 Å².